The van der Waals surface area contributed by atoms with Gasteiger partial charge in [0.25, 0.3) is 0 Å². The zero-order valence-corrected chi connectivity index (χ0v) is 19.9. The van der Waals surface area contributed by atoms with Crippen LogP contribution in [0, 0.1) is 42.3 Å². The molecule has 0 radical (unpaired) electrons. The molecule has 1 aromatic rings. The lowest BCUT2D eigenvalue weighted by Gasteiger charge is -2.33. The highest BCUT2D eigenvalue weighted by molar-refractivity contribution is 5.36. The summed E-state index contributed by atoms with van der Waals surface area (Å²) in [4.78, 5) is 0. The van der Waals surface area contributed by atoms with Crippen molar-refractivity contribution in [1.82, 2.24) is 0 Å². The average molecular weight is 413 g/mol. The summed E-state index contributed by atoms with van der Waals surface area (Å²) in [5.41, 5.74) is 3.24. The van der Waals surface area contributed by atoms with Crippen LogP contribution in [0.4, 0.5) is 4.39 Å². The Bertz CT molecular complexity index is 668. The second-order valence-electron chi connectivity index (χ2n) is 11.7. The molecule has 168 valence electrons. The van der Waals surface area contributed by atoms with Crippen molar-refractivity contribution in [3.8, 4) is 0 Å². The summed E-state index contributed by atoms with van der Waals surface area (Å²) >= 11 is 0. The Morgan fingerprint density at radius 3 is 1.80 bits per heavy atom. The largest absolute Gasteiger partial charge is 0.206 e. The van der Waals surface area contributed by atoms with E-state index in [4.69, 9.17) is 0 Å². The summed E-state index contributed by atoms with van der Waals surface area (Å²) in [5, 5.41) is 0. The van der Waals surface area contributed by atoms with Crippen LogP contribution >= 0.6 is 0 Å². The third-order valence-corrected chi connectivity index (χ3v) is 9.24. The summed E-state index contributed by atoms with van der Waals surface area (Å²) in [6.45, 7) is 6.82. The van der Waals surface area contributed by atoms with E-state index < -0.39 is 0 Å². The molecule has 0 N–H and O–H groups in total. The first-order valence-electron chi connectivity index (χ1n) is 13.3. The Kier molecular flexibility index (Phi) is 7.58. The van der Waals surface area contributed by atoms with Gasteiger partial charge in [-0.15, -0.1) is 0 Å². The molecule has 3 aliphatic rings. The lowest BCUT2D eigenvalue weighted by Crippen LogP contribution is -2.21. The molecule has 0 bridgehead atoms. The number of rotatable bonds is 5. The van der Waals surface area contributed by atoms with Crippen molar-refractivity contribution in [2.24, 2.45) is 29.6 Å². The summed E-state index contributed by atoms with van der Waals surface area (Å²) in [7, 11) is 0. The van der Waals surface area contributed by atoms with E-state index in [0.29, 0.717) is 11.8 Å². The lowest BCUT2D eigenvalue weighted by molar-refractivity contribution is 0.195. The molecule has 0 nitrogen and oxygen atoms in total. The van der Waals surface area contributed by atoms with Crippen molar-refractivity contribution >= 4 is 0 Å². The van der Waals surface area contributed by atoms with Gasteiger partial charge in [0.2, 0.25) is 0 Å². The van der Waals surface area contributed by atoms with Crippen LogP contribution in [0.2, 0.25) is 0 Å². The molecule has 0 unspecified atom stereocenters. The SMILES string of the molecule is Cc1c(C2CCC(C)CC2)ccc(CC2CCC(CC3CCC(C)CC3)CC2)c1F. The minimum atomic E-state index is 0.115. The quantitative estimate of drug-likeness (QED) is 0.452. The minimum Gasteiger partial charge on any atom is -0.206 e. The molecule has 30 heavy (non-hydrogen) atoms. The molecule has 0 saturated heterocycles. The van der Waals surface area contributed by atoms with Crippen LogP contribution in [-0.2, 0) is 6.42 Å². The standard InChI is InChI=1S/C29H45F/c1-20-4-8-23(9-5-20)18-24-10-12-25(13-11-24)19-27-16-17-28(22(3)29(27)30)26-14-6-21(2)7-15-26/h16-17,20-21,23-26H,4-15,18-19H2,1-3H3. The highest BCUT2D eigenvalue weighted by Crippen LogP contribution is 2.41. The molecule has 3 saturated carbocycles. The molecule has 0 aliphatic heterocycles. The van der Waals surface area contributed by atoms with E-state index in [0.717, 1.165) is 41.2 Å². The van der Waals surface area contributed by atoms with Gasteiger partial charge in [0.1, 0.15) is 5.82 Å². The van der Waals surface area contributed by atoms with Crippen molar-refractivity contribution in [2.75, 3.05) is 0 Å². The molecular weight excluding hydrogens is 367 g/mol. The van der Waals surface area contributed by atoms with Crippen LogP contribution in [0.1, 0.15) is 120 Å². The van der Waals surface area contributed by atoms with Crippen LogP contribution in [0.5, 0.6) is 0 Å². The van der Waals surface area contributed by atoms with E-state index >= 15 is 4.39 Å². The smallest absolute Gasteiger partial charge is 0.129 e. The second-order valence-corrected chi connectivity index (χ2v) is 11.7. The van der Waals surface area contributed by atoms with E-state index in [2.05, 4.69) is 26.0 Å². The number of halogens is 1. The van der Waals surface area contributed by atoms with Crippen molar-refractivity contribution < 1.29 is 4.39 Å². The fraction of sp³-hybridized carbons (Fsp3) is 0.793. The van der Waals surface area contributed by atoms with Crippen molar-refractivity contribution in [3.63, 3.8) is 0 Å². The van der Waals surface area contributed by atoms with Crippen LogP contribution in [0.25, 0.3) is 0 Å². The normalized spacial score (nSPS) is 35.3. The van der Waals surface area contributed by atoms with Gasteiger partial charge in [-0.1, -0.05) is 77.3 Å². The molecule has 4 rings (SSSR count). The van der Waals surface area contributed by atoms with Crippen LogP contribution < -0.4 is 0 Å². The van der Waals surface area contributed by atoms with Gasteiger partial charge in [-0.05, 0) is 97.6 Å². The Labute approximate surface area is 185 Å². The zero-order chi connectivity index (χ0) is 21.1. The van der Waals surface area contributed by atoms with Gasteiger partial charge in [-0.25, -0.2) is 4.39 Å². The maximum atomic E-state index is 15.3. The molecule has 0 heterocycles. The van der Waals surface area contributed by atoms with E-state index in [1.54, 1.807) is 0 Å². The third-order valence-electron chi connectivity index (χ3n) is 9.24. The molecule has 0 atom stereocenters. The summed E-state index contributed by atoms with van der Waals surface area (Å²) < 4.78 is 15.3. The van der Waals surface area contributed by atoms with Crippen LogP contribution in [0.15, 0.2) is 12.1 Å². The monoisotopic (exact) mass is 412 g/mol. The van der Waals surface area contributed by atoms with E-state index in [9.17, 15) is 0 Å². The van der Waals surface area contributed by atoms with E-state index in [1.807, 2.05) is 6.92 Å². The Hall–Kier alpha value is -0.850. The van der Waals surface area contributed by atoms with Crippen LogP contribution in [0.3, 0.4) is 0 Å². The summed E-state index contributed by atoms with van der Waals surface area (Å²) in [6, 6.07) is 4.43. The average Bonchev–Trinajstić information content (AvgIpc) is 2.75. The van der Waals surface area contributed by atoms with Gasteiger partial charge < -0.3 is 0 Å². The Balaban J connectivity index is 1.28. The molecule has 3 fully saturated rings. The lowest BCUT2D eigenvalue weighted by atomic mass is 9.72. The van der Waals surface area contributed by atoms with Crippen LogP contribution in [-0.4, -0.2) is 0 Å². The molecule has 3 aliphatic carbocycles. The second kappa shape index (κ2) is 10.2. The number of benzene rings is 1. The fourth-order valence-electron chi connectivity index (χ4n) is 6.95. The molecule has 1 heteroatoms. The van der Waals surface area contributed by atoms with Crippen molar-refractivity contribution in [2.45, 2.75) is 117 Å². The number of hydrogen-bond acceptors (Lipinski definition) is 0. The fourth-order valence-corrected chi connectivity index (χ4v) is 6.95. The highest BCUT2D eigenvalue weighted by Gasteiger charge is 2.27. The molecular formula is C29H45F. The van der Waals surface area contributed by atoms with Crippen molar-refractivity contribution in [1.29, 1.82) is 0 Å². The summed E-state index contributed by atoms with van der Waals surface area (Å²) in [5.74, 6) is 5.15. The number of hydrogen-bond donors (Lipinski definition) is 0. The van der Waals surface area contributed by atoms with Gasteiger partial charge in [0.05, 0.1) is 0 Å². The van der Waals surface area contributed by atoms with Gasteiger partial charge in [-0.3, -0.25) is 0 Å². The maximum absolute atomic E-state index is 15.3. The maximum Gasteiger partial charge on any atom is 0.129 e. The summed E-state index contributed by atoms with van der Waals surface area (Å²) in [6.07, 6.45) is 18.8. The first-order chi connectivity index (χ1) is 14.5. The van der Waals surface area contributed by atoms with Gasteiger partial charge >= 0.3 is 0 Å². The van der Waals surface area contributed by atoms with Gasteiger partial charge in [-0.2, -0.15) is 0 Å². The van der Waals surface area contributed by atoms with Gasteiger partial charge in [0, 0.05) is 0 Å². The molecule has 0 aromatic heterocycles. The Morgan fingerprint density at radius 1 is 0.700 bits per heavy atom. The van der Waals surface area contributed by atoms with Gasteiger partial charge in [0.15, 0.2) is 0 Å². The molecule has 1 aromatic carbocycles. The predicted octanol–water partition coefficient (Wildman–Crippen LogP) is 8.99. The van der Waals surface area contributed by atoms with Crippen molar-refractivity contribution in [3.05, 3.63) is 34.6 Å². The topological polar surface area (TPSA) is 0 Å². The highest BCUT2D eigenvalue weighted by atomic mass is 19.1. The predicted molar refractivity (Wildman–Crippen MR) is 126 cm³/mol. The minimum absolute atomic E-state index is 0.115. The Morgan fingerprint density at radius 2 is 1.20 bits per heavy atom. The first-order valence-corrected chi connectivity index (χ1v) is 13.3. The molecule has 0 amide bonds. The van der Waals surface area contributed by atoms with E-state index in [-0.39, 0.29) is 5.82 Å². The first kappa shape index (κ1) is 22.3. The molecule has 0 spiro atoms. The third kappa shape index (κ3) is 5.49. The van der Waals surface area contributed by atoms with E-state index in [1.165, 1.54) is 89.0 Å². The zero-order valence-electron chi connectivity index (χ0n) is 19.9.